The van der Waals surface area contributed by atoms with Crippen molar-refractivity contribution in [2.75, 3.05) is 6.54 Å². The van der Waals surface area contributed by atoms with E-state index in [0.29, 0.717) is 12.1 Å². The first kappa shape index (κ1) is 12.2. The summed E-state index contributed by atoms with van der Waals surface area (Å²) in [5.74, 6) is 0. The van der Waals surface area contributed by atoms with Crippen LogP contribution in [0.4, 0.5) is 0 Å². The molecule has 96 valence electrons. The van der Waals surface area contributed by atoms with Gasteiger partial charge in [0.2, 0.25) is 0 Å². The van der Waals surface area contributed by atoms with E-state index in [1.165, 1.54) is 34.9 Å². The Labute approximate surface area is 112 Å². The van der Waals surface area contributed by atoms with E-state index >= 15 is 0 Å². The molecule has 2 aromatic rings. The van der Waals surface area contributed by atoms with Gasteiger partial charge >= 0.3 is 0 Å². The maximum atomic E-state index is 6.07. The molecule has 1 fully saturated rings. The summed E-state index contributed by atoms with van der Waals surface area (Å²) in [6, 6.07) is 9.56. The van der Waals surface area contributed by atoms with E-state index in [1.54, 1.807) is 0 Å². The smallest absolute Gasteiger partial charge is 0.0345 e. The largest absolute Gasteiger partial charge is 0.326 e. The zero-order valence-electron chi connectivity index (χ0n) is 10.6. The second-order valence-corrected chi connectivity index (χ2v) is 6.07. The molecule has 3 rings (SSSR count). The van der Waals surface area contributed by atoms with Crippen LogP contribution >= 0.6 is 11.3 Å². The van der Waals surface area contributed by atoms with Gasteiger partial charge in [-0.15, -0.1) is 11.3 Å². The van der Waals surface area contributed by atoms with Crippen molar-refractivity contribution in [3.05, 3.63) is 35.2 Å². The summed E-state index contributed by atoms with van der Waals surface area (Å²) in [7, 11) is 0. The van der Waals surface area contributed by atoms with E-state index in [9.17, 15) is 0 Å². The van der Waals surface area contributed by atoms with Gasteiger partial charge in [-0.25, -0.2) is 0 Å². The summed E-state index contributed by atoms with van der Waals surface area (Å²) >= 11 is 1.84. The van der Waals surface area contributed by atoms with Crippen LogP contribution in [0.3, 0.4) is 0 Å². The summed E-state index contributed by atoms with van der Waals surface area (Å²) in [5.41, 5.74) is 7.54. The first-order chi connectivity index (χ1) is 8.84. The first-order valence-corrected chi connectivity index (χ1v) is 7.66. The molecule has 0 bridgehead atoms. The molecule has 2 atom stereocenters. The summed E-state index contributed by atoms with van der Waals surface area (Å²) in [6.45, 7) is 1.04. The van der Waals surface area contributed by atoms with E-state index in [4.69, 9.17) is 5.73 Å². The summed E-state index contributed by atoms with van der Waals surface area (Å²) in [5, 5.41) is 7.32. The third-order valence-corrected chi connectivity index (χ3v) is 4.94. The number of thiophene rings is 1. The molecule has 0 radical (unpaired) electrons. The Kier molecular flexibility index (Phi) is 3.64. The van der Waals surface area contributed by atoms with Crippen molar-refractivity contribution in [1.29, 1.82) is 0 Å². The van der Waals surface area contributed by atoms with E-state index < -0.39 is 0 Å². The second kappa shape index (κ2) is 5.39. The van der Waals surface area contributed by atoms with Gasteiger partial charge in [-0.2, -0.15) is 0 Å². The maximum Gasteiger partial charge on any atom is 0.0345 e. The van der Waals surface area contributed by atoms with Crippen molar-refractivity contribution in [2.45, 2.75) is 37.8 Å². The maximum absolute atomic E-state index is 6.07. The van der Waals surface area contributed by atoms with Crippen molar-refractivity contribution in [3.63, 3.8) is 0 Å². The third kappa shape index (κ3) is 2.44. The minimum atomic E-state index is 0.365. The van der Waals surface area contributed by atoms with Crippen molar-refractivity contribution in [2.24, 2.45) is 5.73 Å². The number of benzene rings is 1. The number of rotatable bonds is 4. The zero-order valence-corrected chi connectivity index (χ0v) is 11.4. The standard InChI is InChI=1S/C15H20N2S/c16-13-5-3-6-14(13)17-9-8-11-10-18-15-7-2-1-4-12(11)15/h1-2,4,7,10,13-14,17H,3,5-6,8-9,16H2. The van der Waals surface area contributed by atoms with Crippen molar-refractivity contribution in [1.82, 2.24) is 5.32 Å². The van der Waals surface area contributed by atoms with E-state index in [1.807, 2.05) is 11.3 Å². The number of hydrogen-bond acceptors (Lipinski definition) is 3. The van der Waals surface area contributed by atoms with Gasteiger partial charge in [0.05, 0.1) is 0 Å². The van der Waals surface area contributed by atoms with Crippen molar-refractivity contribution in [3.8, 4) is 0 Å². The van der Waals surface area contributed by atoms with Gasteiger partial charge in [-0.05, 0) is 48.2 Å². The van der Waals surface area contributed by atoms with Crippen LogP contribution in [0, 0.1) is 0 Å². The molecule has 1 saturated carbocycles. The van der Waals surface area contributed by atoms with Gasteiger partial charge in [0, 0.05) is 16.8 Å². The number of nitrogens with one attached hydrogen (secondary N) is 1. The summed E-state index contributed by atoms with van der Waals surface area (Å²) in [6.07, 6.45) is 4.80. The van der Waals surface area contributed by atoms with Gasteiger partial charge in [0.1, 0.15) is 0 Å². The molecule has 2 unspecified atom stereocenters. The molecule has 1 aliphatic rings. The van der Waals surface area contributed by atoms with Gasteiger partial charge < -0.3 is 11.1 Å². The summed E-state index contributed by atoms with van der Waals surface area (Å²) in [4.78, 5) is 0. The molecule has 0 aliphatic heterocycles. The first-order valence-electron chi connectivity index (χ1n) is 6.78. The Balaban J connectivity index is 1.60. The fourth-order valence-electron chi connectivity index (χ4n) is 2.86. The highest BCUT2D eigenvalue weighted by atomic mass is 32.1. The molecule has 1 heterocycles. The van der Waals surface area contributed by atoms with Gasteiger partial charge in [0.25, 0.3) is 0 Å². The van der Waals surface area contributed by atoms with E-state index in [2.05, 4.69) is 35.0 Å². The minimum absolute atomic E-state index is 0.365. The molecular formula is C15H20N2S. The molecule has 1 aromatic heterocycles. The Bertz CT molecular complexity index is 520. The Morgan fingerprint density at radius 1 is 1.28 bits per heavy atom. The van der Waals surface area contributed by atoms with Crippen LogP contribution in [0.15, 0.2) is 29.6 Å². The lowest BCUT2D eigenvalue weighted by Gasteiger charge is -2.16. The van der Waals surface area contributed by atoms with Gasteiger partial charge in [-0.3, -0.25) is 0 Å². The molecular weight excluding hydrogens is 240 g/mol. The van der Waals surface area contributed by atoms with E-state index in [0.717, 1.165) is 13.0 Å². The van der Waals surface area contributed by atoms with Crippen molar-refractivity contribution >= 4 is 21.4 Å². The highest BCUT2D eigenvalue weighted by Gasteiger charge is 2.22. The molecule has 1 aliphatic carbocycles. The second-order valence-electron chi connectivity index (χ2n) is 5.16. The Morgan fingerprint density at radius 2 is 2.17 bits per heavy atom. The number of hydrogen-bond donors (Lipinski definition) is 2. The average molecular weight is 260 g/mol. The molecule has 2 nitrogen and oxygen atoms in total. The molecule has 1 aromatic carbocycles. The van der Waals surface area contributed by atoms with Crippen LogP contribution in [0.25, 0.3) is 10.1 Å². The van der Waals surface area contributed by atoms with Crippen molar-refractivity contribution < 1.29 is 0 Å². The Morgan fingerprint density at radius 3 is 3.00 bits per heavy atom. The predicted molar refractivity (Wildman–Crippen MR) is 79.1 cm³/mol. The fraction of sp³-hybridized carbons (Fsp3) is 0.467. The predicted octanol–water partition coefficient (Wildman–Crippen LogP) is 2.91. The monoisotopic (exact) mass is 260 g/mol. The van der Waals surface area contributed by atoms with Crippen LogP contribution in [0.2, 0.25) is 0 Å². The topological polar surface area (TPSA) is 38.0 Å². The fourth-order valence-corrected chi connectivity index (χ4v) is 3.86. The zero-order chi connectivity index (χ0) is 12.4. The quantitative estimate of drug-likeness (QED) is 0.887. The number of fused-ring (bicyclic) bond motifs is 1. The molecule has 3 N–H and O–H groups in total. The SMILES string of the molecule is NC1CCCC1NCCc1csc2ccccc12. The van der Waals surface area contributed by atoms with Gasteiger partial charge in [-0.1, -0.05) is 24.6 Å². The lowest BCUT2D eigenvalue weighted by Crippen LogP contribution is -2.41. The molecule has 0 saturated heterocycles. The van der Waals surface area contributed by atoms with E-state index in [-0.39, 0.29) is 0 Å². The highest BCUT2D eigenvalue weighted by molar-refractivity contribution is 7.17. The van der Waals surface area contributed by atoms with Crippen LogP contribution in [0.5, 0.6) is 0 Å². The van der Waals surface area contributed by atoms with Crippen LogP contribution in [-0.4, -0.2) is 18.6 Å². The minimum Gasteiger partial charge on any atom is -0.326 e. The number of nitrogens with two attached hydrogens (primary N) is 1. The highest BCUT2D eigenvalue weighted by Crippen LogP contribution is 2.26. The molecule has 18 heavy (non-hydrogen) atoms. The third-order valence-electron chi connectivity index (χ3n) is 3.93. The lowest BCUT2D eigenvalue weighted by atomic mass is 10.1. The molecule has 0 amide bonds. The summed E-state index contributed by atoms with van der Waals surface area (Å²) < 4.78 is 1.39. The lowest BCUT2D eigenvalue weighted by molar-refractivity contribution is 0.479. The van der Waals surface area contributed by atoms with Crippen LogP contribution in [-0.2, 0) is 6.42 Å². The Hall–Kier alpha value is -0.900. The van der Waals surface area contributed by atoms with Crippen LogP contribution < -0.4 is 11.1 Å². The molecule has 0 spiro atoms. The average Bonchev–Trinajstić information content (AvgIpc) is 2.97. The van der Waals surface area contributed by atoms with Crippen LogP contribution in [0.1, 0.15) is 24.8 Å². The normalized spacial score (nSPS) is 23.8. The molecule has 3 heteroatoms. The van der Waals surface area contributed by atoms with Gasteiger partial charge in [0.15, 0.2) is 0 Å².